The highest BCUT2D eigenvalue weighted by molar-refractivity contribution is 6.30. The molecule has 0 aliphatic carbocycles. The number of rotatable bonds is 6. The fourth-order valence-electron chi connectivity index (χ4n) is 2.74. The summed E-state index contributed by atoms with van der Waals surface area (Å²) in [5.41, 5.74) is 1.91. The maximum absolute atomic E-state index is 12.5. The van der Waals surface area contributed by atoms with E-state index in [0.717, 1.165) is 5.56 Å². The number of hydrogen-bond donors (Lipinski definition) is 0. The molecule has 1 heterocycles. The molecule has 3 rings (SSSR count). The molecule has 0 N–H and O–H groups in total. The molecule has 0 saturated heterocycles. The smallest absolute Gasteiger partial charge is 0.259 e. The summed E-state index contributed by atoms with van der Waals surface area (Å²) in [5, 5.41) is 0.595. The largest absolute Gasteiger partial charge is 0.492 e. The van der Waals surface area contributed by atoms with E-state index in [0.29, 0.717) is 35.2 Å². The second kappa shape index (κ2) is 7.62. The summed E-state index contributed by atoms with van der Waals surface area (Å²) in [4.78, 5) is 27.9. The second-order valence-electron chi connectivity index (χ2n) is 6.00. The first-order valence-corrected chi connectivity index (χ1v) is 8.57. The lowest BCUT2D eigenvalue weighted by atomic mass is 10.1. The molecule has 2 aromatic carbocycles. The third-order valence-corrected chi connectivity index (χ3v) is 4.49. The van der Waals surface area contributed by atoms with Crippen molar-refractivity contribution in [3.8, 4) is 5.75 Å². The number of carbonyl (C=O) groups excluding carboxylic acids is 2. The topological polar surface area (TPSA) is 49.9 Å². The average molecular weight is 371 g/mol. The summed E-state index contributed by atoms with van der Waals surface area (Å²) in [6.45, 7) is 4.63. The van der Waals surface area contributed by atoms with Crippen molar-refractivity contribution in [3.05, 3.63) is 71.3 Å². The number of halogens is 1. The molecule has 0 atom stereocenters. The van der Waals surface area contributed by atoms with Crippen molar-refractivity contribution < 1.29 is 14.3 Å². The summed E-state index contributed by atoms with van der Waals surface area (Å²) >= 11 is 5.91. The SMILES string of the molecule is C=C1c2ccccc2C(=O)N1CC(=O)N(C)CCOc1cccc(Cl)c1. The van der Waals surface area contributed by atoms with Gasteiger partial charge in [0.25, 0.3) is 5.91 Å². The summed E-state index contributed by atoms with van der Waals surface area (Å²) in [5.74, 6) is 0.279. The maximum Gasteiger partial charge on any atom is 0.259 e. The third-order valence-electron chi connectivity index (χ3n) is 4.25. The normalized spacial score (nSPS) is 12.9. The molecule has 1 aliphatic heterocycles. The molecule has 0 bridgehead atoms. The molecule has 0 aromatic heterocycles. The van der Waals surface area contributed by atoms with Crippen molar-refractivity contribution in [1.82, 2.24) is 9.80 Å². The van der Waals surface area contributed by atoms with Gasteiger partial charge in [0.15, 0.2) is 0 Å². The van der Waals surface area contributed by atoms with Crippen LogP contribution in [0.15, 0.2) is 55.1 Å². The summed E-state index contributed by atoms with van der Waals surface area (Å²) in [7, 11) is 1.68. The predicted octanol–water partition coefficient (Wildman–Crippen LogP) is 3.30. The van der Waals surface area contributed by atoms with Gasteiger partial charge in [0, 0.05) is 28.9 Å². The van der Waals surface area contributed by atoms with Crippen LogP contribution in [0, 0.1) is 0 Å². The highest BCUT2D eigenvalue weighted by Gasteiger charge is 2.32. The molecule has 0 spiro atoms. The van der Waals surface area contributed by atoms with E-state index in [-0.39, 0.29) is 18.4 Å². The molecule has 0 saturated carbocycles. The molecule has 5 nitrogen and oxygen atoms in total. The van der Waals surface area contributed by atoms with Crippen LogP contribution in [0.4, 0.5) is 0 Å². The number of likely N-dealkylation sites (N-methyl/N-ethyl adjacent to an activating group) is 1. The first-order chi connectivity index (χ1) is 12.5. The minimum atomic E-state index is -0.192. The Balaban J connectivity index is 1.53. The minimum Gasteiger partial charge on any atom is -0.492 e. The Kier molecular flexibility index (Phi) is 5.28. The molecule has 0 unspecified atom stereocenters. The molecule has 0 fully saturated rings. The lowest BCUT2D eigenvalue weighted by Gasteiger charge is -2.22. The minimum absolute atomic E-state index is 0.0417. The van der Waals surface area contributed by atoms with E-state index >= 15 is 0 Å². The molecule has 2 aromatic rings. The zero-order valence-corrected chi connectivity index (χ0v) is 15.2. The molecular weight excluding hydrogens is 352 g/mol. The van der Waals surface area contributed by atoms with Gasteiger partial charge in [-0.3, -0.25) is 14.5 Å². The van der Waals surface area contributed by atoms with Gasteiger partial charge in [-0.2, -0.15) is 0 Å². The van der Waals surface area contributed by atoms with Crippen molar-refractivity contribution in [1.29, 1.82) is 0 Å². The van der Waals surface area contributed by atoms with E-state index in [1.807, 2.05) is 12.1 Å². The second-order valence-corrected chi connectivity index (χ2v) is 6.44. The molecule has 134 valence electrons. The number of carbonyl (C=O) groups is 2. The van der Waals surface area contributed by atoms with Gasteiger partial charge in [-0.25, -0.2) is 0 Å². The van der Waals surface area contributed by atoms with E-state index in [2.05, 4.69) is 6.58 Å². The van der Waals surface area contributed by atoms with Gasteiger partial charge in [0.2, 0.25) is 5.91 Å². The van der Waals surface area contributed by atoms with Gasteiger partial charge in [-0.15, -0.1) is 0 Å². The maximum atomic E-state index is 12.5. The third kappa shape index (κ3) is 3.73. The van der Waals surface area contributed by atoms with Crippen LogP contribution in [0.25, 0.3) is 5.70 Å². The number of nitrogens with zero attached hydrogens (tertiary/aromatic N) is 2. The van der Waals surface area contributed by atoms with Crippen molar-refractivity contribution in [2.45, 2.75) is 0 Å². The van der Waals surface area contributed by atoms with Crippen LogP contribution in [0.2, 0.25) is 5.02 Å². The van der Waals surface area contributed by atoms with Crippen LogP contribution in [-0.2, 0) is 4.79 Å². The highest BCUT2D eigenvalue weighted by Crippen LogP contribution is 2.30. The van der Waals surface area contributed by atoms with Gasteiger partial charge in [0.1, 0.15) is 18.9 Å². The number of amides is 2. The quantitative estimate of drug-likeness (QED) is 0.783. The monoisotopic (exact) mass is 370 g/mol. The van der Waals surface area contributed by atoms with E-state index < -0.39 is 0 Å². The Morgan fingerprint density at radius 3 is 2.62 bits per heavy atom. The van der Waals surface area contributed by atoms with Crippen LogP contribution in [0.1, 0.15) is 15.9 Å². The van der Waals surface area contributed by atoms with Crippen molar-refractivity contribution in [3.63, 3.8) is 0 Å². The van der Waals surface area contributed by atoms with Crippen molar-refractivity contribution in [2.75, 3.05) is 26.7 Å². The summed E-state index contributed by atoms with van der Waals surface area (Å²) in [6, 6.07) is 14.3. The van der Waals surface area contributed by atoms with E-state index in [1.54, 1.807) is 43.4 Å². The standard InChI is InChI=1S/C20H19ClN2O3/c1-14-17-8-3-4-9-18(17)20(25)23(14)13-19(24)22(2)10-11-26-16-7-5-6-15(21)12-16/h3-9,12H,1,10-11,13H2,2H3. The summed E-state index contributed by atoms with van der Waals surface area (Å²) in [6.07, 6.45) is 0. The van der Waals surface area contributed by atoms with Gasteiger partial charge in [-0.05, 0) is 24.3 Å². The van der Waals surface area contributed by atoms with Crippen molar-refractivity contribution >= 4 is 29.1 Å². The van der Waals surface area contributed by atoms with E-state index in [1.165, 1.54) is 9.80 Å². The zero-order chi connectivity index (χ0) is 18.7. The molecule has 1 aliphatic rings. The van der Waals surface area contributed by atoms with Crippen LogP contribution in [0.5, 0.6) is 5.75 Å². The van der Waals surface area contributed by atoms with Crippen molar-refractivity contribution in [2.24, 2.45) is 0 Å². The lowest BCUT2D eigenvalue weighted by Crippen LogP contribution is -2.39. The lowest BCUT2D eigenvalue weighted by molar-refractivity contribution is -0.130. The number of benzene rings is 2. The van der Waals surface area contributed by atoms with Gasteiger partial charge < -0.3 is 9.64 Å². The zero-order valence-electron chi connectivity index (χ0n) is 14.4. The van der Waals surface area contributed by atoms with E-state index in [4.69, 9.17) is 16.3 Å². The van der Waals surface area contributed by atoms with Crippen LogP contribution in [-0.4, -0.2) is 48.4 Å². The number of hydrogen-bond acceptors (Lipinski definition) is 3. The van der Waals surface area contributed by atoms with Gasteiger partial charge in [-0.1, -0.05) is 42.4 Å². The fourth-order valence-corrected chi connectivity index (χ4v) is 2.92. The van der Waals surface area contributed by atoms with Gasteiger partial charge in [0.05, 0.1) is 6.54 Å². The highest BCUT2D eigenvalue weighted by atomic mass is 35.5. The molecule has 0 radical (unpaired) electrons. The Bertz CT molecular complexity index is 831. The average Bonchev–Trinajstić information content (AvgIpc) is 2.87. The van der Waals surface area contributed by atoms with Crippen LogP contribution in [0.3, 0.4) is 0 Å². The Hall–Kier alpha value is -2.79. The molecular formula is C20H19ClN2O3. The Morgan fingerprint density at radius 1 is 1.19 bits per heavy atom. The predicted molar refractivity (Wildman–Crippen MR) is 101 cm³/mol. The fraction of sp³-hybridized carbons (Fsp3) is 0.200. The molecule has 6 heteroatoms. The van der Waals surface area contributed by atoms with E-state index in [9.17, 15) is 9.59 Å². The number of ether oxygens (including phenoxy) is 1. The summed E-state index contributed by atoms with van der Waals surface area (Å²) < 4.78 is 5.59. The molecule has 2 amide bonds. The molecule has 26 heavy (non-hydrogen) atoms. The first kappa shape index (κ1) is 18.0. The number of fused-ring (bicyclic) bond motifs is 1. The van der Waals surface area contributed by atoms with Crippen LogP contribution >= 0.6 is 11.6 Å². The Morgan fingerprint density at radius 2 is 1.92 bits per heavy atom. The van der Waals surface area contributed by atoms with Crippen LogP contribution < -0.4 is 4.74 Å². The first-order valence-electron chi connectivity index (χ1n) is 8.20. The van der Waals surface area contributed by atoms with Gasteiger partial charge >= 0.3 is 0 Å². The Labute approximate surface area is 157 Å².